The topological polar surface area (TPSA) is 65.0 Å². The Morgan fingerprint density at radius 1 is 1.06 bits per heavy atom. The molecule has 164 valence electrons. The summed E-state index contributed by atoms with van der Waals surface area (Å²) in [7, 11) is 5.18. The lowest BCUT2D eigenvalue weighted by atomic mass is 10.0. The summed E-state index contributed by atoms with van der Waals surface area (Å²) in [5.41, 5.74) is 2.75. The third kappa shape index (κ3) is 4.38. The maximum atomic E-state index is 13.1. The van der Waals surface area contributed by atoms with Crippen LogP contribution in [0, 0.1) is 0 Å². The molecule has 4 rings (SSSR count). The average molecular weight is 424 g/mol. The average Bonchev–Trinajstić information content (AvgIpc) is 3.16. The van der Waals surface area contributed by atoms with Gasteiger partial charge in [0.05, 0.1) is 33.5 Å². The Bertz CT molecular complexity index is 1060. The summed E-state index contributed by atoms with van der Waals surface area (Å²) in [6, 6.07) is 15.9. The summed E-state index contributed by atoms with van der Waals surface area (Å²) < 4.78 is 18.4. The minimum atomic E-state index is -0.0857. The van der Waals surface area contributed by atoms with E-state index in [-0.39, 0.29) is 11.9 Å². The highest BCUT2D eigenvalue weighted by molar-refractivity contribution is 5.98. The second-order valence-corrected chi connectivity index (χ2v) is 7.64. The Labute approximate surface area is 182 Å². The van der Waals surface area contributed by atoms with E-state index in [1.165, 1.54) is 0 Å². The Kier molecular flexibility index (Phi) is 6.44. The maximum Gasteiger partial charge on any atom is 0.267 e. The standard InChI is InChI=1S/C24H29N3O4/c1-26-19-7-5-4-6-17(19)14-20(26)24(28)25-16-21(27-10-12-31-13-11-27)18-8-9-22(29-2)23(15-18)30-3/h4-9,14-15,21H,10-13,16H2,1-3H3,(H,25,28). The predicted molar refractivity (Wildman–Crippen MR) is 120 cm³/mol. The normalized spacial score (nSPS) is 15.6. The number of fused-ring (bicyclic) bond motifs is 1. The van der Waals surface area contributed by atoms with Gasteiger partial charge in [0.25, 0.3) is 5.91 Å². The zero-order chi connectivity index (χ0) is 21.8. The van der Waals surface area contributed by atoms with Crippen LogP contribution in [-0.4, -0.2) is 62.4 Å². The molecule has 1 N–H and O–H groups in total. The minimum absolute atomic E-state index is 0.00217. The van der Waals surface area contributed by atoms with Crippen LogP contribution in [0.4, 0.5) is 0 Å². The molecule has 1 saturated heterocycles. The molecular weight excluding hydrogens is 394 g/mol. The quantitative estimate of drug-likeness (QED) is 0.633. The molecule has 1 atom stereocenters. The van der Waals surface area contributed by atoms with Crippen molar-refractivity contribution in [3.63, 3.8) is 0 Å². The molecule has 1 unspecified atom stereocenters. The van der Waals surface area contributed by atoms with Crippen molar-refractivity contribution < 1.29 is 19.0 Å². The van der Waals surface area contributed by atoms with E-state index in [2.05, 4.69) is 10.2 Å². The lowest BCUT2D eigenvalue weighted by Gasteiger charge is -2.35. The first-order valence-corrected chi connectivity index (χ1v) is 10.5. The van der Waals surface area contributed by atoms with Gasteiger partial charge in [-0.3, -0.25) is 9.69 Å². The van der Waals surface area contributed by atoms with E-state index in [0.29, 0.717) is 37.0 Å². The van der Waals surface area contributed by atoms with Crippen molar-refractivity contribution in [1.82, 2.24) is 14.8 Å². The van der Waals surface area contributed by atoms with Crippen LogP contribution in [-0.2, 0) is 11.8 Å². The number of hydrogen-bond acceptors (Lipinski definition) is 5. The first-order chi connectivity index (χ1) is 15.1. The van der Waals surface area contributed by atoms with Crippen LogP contribution >= 0.6 is 0 Å². The highest BCUT2D eigenvalue weighted by Crippen LogP contribution is 2.32. The Morgan fingerprint density at radius 3 is 2.52 bits per heavy atom. The summed E-state index contributed by atoms with van der Waals surface area (Å²) >= 11 is 0. The fourth-order valence-corrected chi connectivity index (χ4v) is 4.19. The van der Waals surface area contributed by atoms with E-state index in [1.807, 2.05) is 60.1 Å². The molecule has 2 heterocycles. The largest absolute Gasteiger partial charge is 0.493 e. The van der Waals surface area contributed by atoms with Crippen molar-refractivity contribution in [3.8, 4) is 11.5 Å². The highest BCUT2D eigenvalue weighted by Gasteiger charge is 2.25. The number of hydrogen-bond donors (Lipinski definition) is 1. The molecule has 31 heavy (non-hydrogen) atoms. The minimum Gasteiger partial charge on any atom is -0.493 e. The first-order valence-electron chi connectivity index (χ1n) is 10.5. The van der Waals surface area contributed by atoms with Crippen molar-refractivity contribution >= 4 is 16.8 Å². The Morgan fingerprint density at radius 2 is 1.81 bits per heavy atom. The Balaban J connectivity index is 1.57. The zero-order valence-corrected chi connectivity index (χ0v) is 18.3. The molecule has 0 spiro atoms. The fourth-order valence-electron chi connectivity index (χ4n) is 4.19. The summed E-state index contributed by atoms with van der Waals surface area (Å²) in [6.07, 6.45) is 0. The van der Waals surface area contributed by atoms with Gasteiger partial charge >= 0.3 is 0 Å². The van der Waals surface area contributed by atoms with Crippen LogP contribution in [0.2, 0.25) is 0 Å². The monoisotopic (exact) mass is 423 g/mol. The van der Waals surface area contributed by atoms with Gasteiger partial charge in [-0.2, -0.15) is 0 Å². The second-order valence-electron chi connectivity index (χ2n) is 7.64. The van der Waals surface area contributed by atoms with Crippen molar-refractivity contribution in [3.05, 3.63) is 59.8 Å². The van der Waals surface area contributed by atoms with Crippen LogP contribution in [0.3, 0.4) is 0 Å². The number of benzene rings is 2. The summed E-state index contributed by atoms with van der Waals surface area (Å²) in [5, 5.41) is 4.20. The number of methoxy groups -OCH3 is 2. The van der Waals surface area contributed by atoms with Gasteiger partial charge in [-0.15, -0.1) is 0 Å². The molecule has 0 bridgehead atoms. The molecule has 0 aliphatic carbocycles. The molecule has 1 amide bonds. The lowest BCUT2D eigenvalue weighted by Crippen LogP contribution is -2.44. The van der Waals surface area contributed by atoms with Crippen LogP contribution in [0.1, 0.15) is 22.1 Å². The molecule has 0 radical (unpaired) electrons. The third-order valence-corrected chi connectivity index (χ3v) is 5.92. The molecule has 3 aromatic rings. The number of aromatic nitrogens is 1. The van der Waals surface area contributed by atoms with Crippen LogP contribution in [0.5, 0.6) is 11.5 Å². The van der Waals surface area contributed by atoms with Crippen molar-refractivity contribution in [2.75, 3.05) is 47.1 Å². The number of para-hydroxylation sites is 1. The number of ether oxygens (including phenoxy) is 3. The SMILES string of the molecule is COc1ccc(C(CNC(=O)c2cc3ccccc3n2C)N2CCOCC2)cc1OC. The summed E-state index contributed by atoms with van der Waals surface area (Å²) in [4.78, 5) is 15.4. The van der Waals surface area contributed by atoms with E-state index >= 15 is 0 Å². The summed E-state index contributed by atoms with van der Waals surface area (Å²) in [6.45, 7) is 3.46. The van der Waals surface area contributed by atoms with E-state index in [0.717, 1.165) is 29.6 Å². The van der Waals surface area contributed by atoms with Crippen LogP contribution < -0.4 is 14.8 Å². The lowest BCUT2D eigenvalue weighted by molar-refractivity contribution is 0.0161. The molecular formula is C24H29N3O4. The van der Waals surface area contributed by atoms with E-state index in [1.54, 1.807) is 14.2 Å². The molecule has 7 heteroatoms. The first kappa shape index (κ1) is 21.2. The van der Waals surface area contributed by atoms with E-state index in [4.69, 9.17) is 14.2 Å². The van der Waals surface area contributed by atoms with Gasteiger partial charge in [0, 0.05) is 37.6 Å². The molecule has 0 saturated carbocycles. The van der Waals surface area contributed by atoms with Gasteiger partial charge < -0.3 is 24.1 Å². The van der Waals surface area contributed by atoms with E-state index < -0.39 is 0 Å². The van der Waals surface area contributed by atoms with Crippen LogP contribution in [0.25, 0.3) is 10.9 Å². The number of rotatable bonds is 7. The van der Waals surface area contributed by atoms with Crippen LogP contribution in [0.15, 0.2) is 48.5 Å². The van der Waals surface area contributed by atoms with E-state index in [9.17, 15) is 4.79 Å². The number of carbonyl (C=O) groups is 1. The zero-order valence-electron chi connectivity index (χ0n) is 18.3. The van der Waals surface area contributed by atoms with Crippen molar-refractivity contribution in [2.45, 2.75) is 6.04 Å². The number of aryl methyl sites for hydroxylation is 1. The van der Waals surface area contributed by atoms with Crippen molar-refractivity contribution in [1.29, 1.82) is 0 Å². The molecule has 1 fully saturated rings. The number of morpholine rings is 1. The molecule has 2 aromatic carbocycles. The van der Waals surface area contributed by atoms with Gasteiger partial charge in [-0.05, 0) is 29.8 Å². The highest BCUT2D eigenvalue weighted by atomic mass is 16.5. The third-order valence-electron chi connectivity index (χ3n) is 5.92. The van der Waals surface area contributed by atoms with Gasteiger partial charge in [0.15, 0.2) is 11.5 Å². The smallest absolute Gasteiger partial charge is 0.267 e. The second kappa shape index (κ2) is 9.41. The summed E-state index contributed by atoms with van der Waals surface area (Å²) in [5.74, 6) is 1.28. The maximum absolute atomic E-state index is 13.1. The molecule has 1 aliphatic heterocycles. The van der Waals surface area contributed by atoms with Gasteiger partial charge in [0.1, 0.15) is 5.69 Å². The number of amides is 1. The molecule has 7 nitrogen and oxygen atoms in total. The van der Waals surface area contributed by atoms with Gasteiger partial charge in [0.2, 0.25) is 0 Å². The van der Waals surface area contributed by atoms with Crippen molar-refractivity contribution in [2.24, 2.45) is 7.05 Å². The van der Waals surface area contributed by atoms with Gasteiger partial charge in [-0.1, -0.05) is 24.3 Å². The predicted octanol–water partition coefficient (Wildman–Crippen LogP) is 3.00. The number of nitrogens with one attached hydrogen (secondary N) is 1. The molecule has 1 aromatic heterocycles. The number of nitrogens with zero attached hydrogens (tertiary/aromatic N) is 2. The Hall–Kier alpha value is -3.03. The number of carbonyl (C=O) groups excluding carboxylic acids is 1. The molecule has 1 aliphatic rings. The van der Waals surface area contributed by atoms with Gasteiger partial charge in [-0.25, -0.2) is 0 Å². The fraction of sp³-hybridized carbons (Fsp3) is 0.375.